The van der Waals surface area contributed by atoms with Gasteiger partial charge in [-0.05, 0) is 34.5 Å². The Morgan fingerprint density at radius 3 is 2.60 bits per heavy atom. The Morgan fingerprint density at radius 1 is 1.10 bits per heavy atom. The van der Waals surface area contributed by atoms with Gasteiger partial charge in [0.15, 0.2) is 0 Å². The third-order valence-corrected chi connectivity index (χ3v) is 3.18. The molecule has 0 saturated carbocycles. The molecule has 0 saturated heterocycles. The van der Waals surface area contributed by atoms with Crippen molar-refractivity contribution in [1.82, 2.24) is 5.32 Å². The average Bonchev–Trinajstić information content (AvgIpc) is 2.47. The largest absolute Gasteiger partial charge is 0.497 e. The highest BCUT2D eigenvalue weighted by molar-refractivity contribution is 5.84. The van der Waals surface area contributed by atoms with Gasteiger partial charge in [0.2, 0.25) is 0 Å². The second-order valence-corrected chi connectivity index (χ2v) is 4.79. The number of nitrogens with one attached hydrogen (secondary N) is 1. The van der Waals surface area contributed by atoms with Crippen molar-refractivity contribution >= 4 is 10.8 Å². The molecule has 4 heteroatoms. The molecular formula is C16H21NO3. The minimum atomic E-state index is -0.468. The van der Waals surface area contributed by atoms with E-state index >= 15 is 0 Å². The third-order valence-electron chi connectivity index (χ3n) is 3.18. The Morgan fingerprint density at radius 2 is 1.85 bits per heavy atom. The lowest BCUT2D eigenvalue weighted by Crippen LogP contribution is -2.29. The maximum Gasteiger partial charge on any atom is 0.119 e. The van der Waals surface area contributed by atoms with Crippen molar-refractivity contribution < 1.29 is 14.6 Å². The lowest BCUT2D eigenvalue weighted by atomic mass is 10.1. The van der Waals surface area contributed by atoms with E-state index in [1.807, 2.05) is 12.1 Å². The quantitative estimate of drug-likeness (QED) is 0.811. The van der Waals surface area contributed by atoms with Crippen LogP contribution in [0.4, 0.5) is 0 Å². The molecule has 0 bridgehead atoms. The van der Waals surface area contributed by atoms with Crippen LogP contribution in [-0.4, -0.2) is 38.6 Å². The topological polar surface area (TPSA) is 50.7 Å². The lowest BCUT2D eigenvalue weighted by molar-refractivity contribution is 0.0644. The highest BCUT2D eigenvalue weighted by atomic mass is 16.5. The Labute approximate surface area is 119 Å². The van der Waals surface area contributed by atoms with Gasteiger partial charge in [0, 0.05) is 20.2 Å². The predicted octanol–water partition coefficient (Wildman–Crippen LogP) is 1.95. The van der Waals surface area contributed by atoms with Gasteiger partial charge in [-0.2, -0.15) is 0 Å². The van der Waals surface area contributed by atoms with Crippen molar-refractivity contribution in [3.8, 4) is 5.75 Å². The van der Waals surface area contributed by atoms with E-state index in [2.05, 4.69) is 29.6 Å². The molecule has 20 heavy (non-hydrogen) atoms. The number of aliphatic hydroxyl groups excluding tert-OH is 1. The molecule has 0 aliphatic carbocycles. The van der Waals surface area contributed by atoms with E-state index in [9.17, 15) is 5.11 Å². The van der Waals surface area contributed by atoms with Gasteiger partial charge in [0.25, 0.3) is 0 Å². The predicted molar refractivity (Wildman–Crippen MR) is 80.1 cm³/mol. The normalized spacial score (nSPS) is 12.6. The molecular weight excluding hydrogens is 254 g/mol. The van der Waals surface area contributed by atoms with E-state index in [0.29, 0.717) is 13.2 Å². The van der Waals surface area contributed by atoms with Crippen molar-refractivity contribution in [2.24, 2.45) is 0 Å². The first kappa shape index (κ1) is 14.8. The van der Waals surface area contributed by atoms with Crippen molar-refractivity contribution in [3.63, 3.8) is 0 Å². The molecule has 1 atom stereocenters. The summed E-state index contributed by atoms with van der Waals surface area (Å²) < 4.78 is 10.1. The van der Waals surface area contributed by atoms with E-state index in [1.54, 1.807) is 14.2 Å². The number of benzene rings is 2. The molecule has 0 heterocycles. The van der Waals surface area contributed by atoms with Crippen molar-refractivity contribution in [1.29, 1.82) is 0 Å². The fourth-order valence-electron chi connectivity index (χ4n) is 2.14. The molecule has 1 unspecified atom stereocenters. The van der Waals surface area contributed by atoms with Gasteiger partial charge in [-0.15, -0.1) is 0 Å². The summed E-state index contributed by atoms with van der Waals surface area (Å²) >= 11 is 0. The molecule has 2 aromatic rings. The van der Waals surface area contributed by atoms with E-state index < -0.39 is 6.10 Å². The van der Waals surface area contributed by atoms with Crippen LogP contribution >= 0.6 is 0 Å². The summed E-state index contributed by atoms with van der Waals surface area (Å²) in [6, 6.07) is 12.3. The minimum absolute atomic E-state index is 0.352. The minimum Gasteiger partial charge on any atom is -0.497 e. The van der Waals surface area contributed by atoms with Crippen LogP contribution in [0, 0.1) is 0 Å². The molecule has 0 fully saturated rings. The van der Waals surface area contributed by atoms with Crippen LogP contribution in [0.2, 0.25) is 0 Å². The fourth-order valence-corrected chi connectivity index (χ4v) is 2.14. The lowest BCUT2D eigenvalue weighted by Gasteiger charge is -2.11. The highest BCUT2D eigenvalue weighted by Crippen LogP contribution is 2.21. The van der Waals surface area contributed by atoms with Crippen LogP contribution < -0.4 is 10.1 Å². The molecule has 0 aliphatic heterocycles. The Balaban J connectivity index is 1.97. The van der Waals surface area contributed by atoms with Gasteiger partial charge in [-0.3, -0.25) is 0 Å². The van der Waals surface area contributed by atoms with Gasteiger partial charge >= 0.3 is 0 Å². The second-order valence-electron chi connectivity index (χ2n) is 4.79. The molecule has 0 aromatic heterocycles. The number of hydrogen-bond acceptors (Lipinski definition) is 4. The number of methoxy groups -OCH3 is 2. The molecule has 2 rings (SSSR count). The number of rotatable bonds is 7. The highest BCUT2D eigenvalue weighted by Gasteiger charge is 2.03. The van der Waals surface area contributed by atoms with Crippen LogP contribution in [0.15, 0.2) is 36.4 Å². The smallest absolute Gasteiger partial charge is 0.119 e. The summed E-state index contributed by atoms with van der Waals surface area (Å²) in [6.45, 7) is 1.60. The van der Waals surface area contributed by atoms with Gasteiger partial charge in [0.1, 0.15) is 5.75 Å². The summed E-state index contributed by atoms with van der Waals surface area (Å²) in [5.74, 6) is 0.867. The van der Waals surface area contributed by atoms with Gasteiger partial charge in [0.05, 0.1) is 19.8 Å². The Kier molecular flexibility index (Phi) is 5.35. The summed E-state index contributed by atoms with van der Waals surface area (Å²) in [6.07, 6.45) is -0.468. The van der Waals surface area contributed by atoms with Crippen LogP contribution in [0.5, 0.6) is 5.75 Å². The van der Waals surface area contributed by atoms with Crippen LogP contribution in [0.25, 0.3) is 10.8 Å². The van der Waals surface area contributed by atoms with E-state index in [0.717, 1.165) is 17.7 Å². The molecule has 108 valence electrons. The monoisotopic (exact) mass is 275 g/mol. The fraction of sp³-hybridized carbons (Fsp3) is 0.375. The van der Waals surface area contributed by atoms with E-state index in [-0.39, 0.29) is 0 Å². The van der Waals surface area contributed by atoms with Gasteiger partial charge in [-0.25, -0.2) is 0 Å². The molecule has 2 N–H and O–H groups in total. The van der Waals surface area contributed by atoms with Crippen molar-refractivity contribution in [2.75, 3.05) is 27.4 Å². The first-order valence-electron chi connectivity index (χ1n) is 6.67. The molecule has 0 spiro atoms. The van der Waals surface area contributed by atoms with Crippen LogP contribution in [0.1, 0.15) is 5.56 Å². The van der Waals surface area contributed by atoms with Gasteiger partial charge < -0.3 is 19.9 Å². The summed E-state index contributed by atoms with van der Waals surface area (Å²) in [5.41, 5.74) is 1.19. The number of hydrogen-bond donors (Lipinski definition) is 2. The maximum absolute atomic E-state index is 9.56. The molecule has 0 amide bonds. The zero-order valence-corrected chi connectivity index (χ0v) is 11.9. The standard InChI is InChI=1S/C16H21NO3/c1-19-11-15(18)10-17-9-12-3-4-14-8-16(20-2)6-5-13(14)7-12/h3-8,15,17-18H,9-11H2,1-2H3. The van der Waals surface area contributed by atoms with Crippen molar-refractivity contribution in [2.45, 2.75) is 12.6 Å². The Hall–Kier alpha value is -1.62. The van der Waals surface area contributed by atoms with E-state index in [1.165, 1.54) is 10.9 Å². The van der Waals surface area contributed by atoms with Crippen LogP contribution in [-0.2, 0) is 11.3 Å². The summed E-state index contributed by atoms with van der Waals surface area (Å²) in [4.78, 5) is 0. The molecule has 0 aliphatic rings. The molecule has 2 aromatic carbocycles. The van der Waals surface area contributed by atoms with Gasteiger partial charge in [-0.1, -0.05) is 18.2 Å². The van der Waals surface area contributed by atoms with Crippen molar-refractivity contribution in [3.05, 3.63) is 42.0 Å². The zero-order chi connectivity index (χ0) is 14.4. The van der Waals surface area contributed by atoms with E-state index in [4.69, 9.17) is 9.47 Å². The SMILES string of the molecule is COCC(O)CNCc1ccc2cc(OC)ccc2c1. The second kappa shape index (κ2) is 7.24. The molecule has 4 nitrogen and oxygen atoms in total. The number of aliphatic hydroxyl groups is 1. The summed E-state index contributed by atoms with van der Waals surface area (Å²) in [7, 11) is 3.26. The summed E-state index contributed by atoms with van der Waals surface area (Å²) in [5, 5.41) is 15.1. The first-order chi connectivity index (χ1) is 9.72. The Bertz CT molecular complexity index is 556. The zero-order valence-electron chi connectivity index (χ0n) is 11.9. The third kappa shape index (κ3) is 3.93. The molecule has 0 radical (unpaired) electrons. The average molecular weight is 275 g/mol. The van der Waals surface area contributed by atoms with Crippen LogP contribution in [0.3, 0.4) is 0 Å². The maximum atomic E-state index is 9.56. The first-order valence-corrected chi connectivity index (χ1v) is 6.67. The number of fused-ring (bicyclic) bond motifs is 1. The number of ether oxygens (including phenoxy) is 2.